The maximum atomic E-state index is 9.98. The summed E-state index contributed by atoms with van der Waals surface area (Å²) in [6.07, 6.45) is 3.75. The zero-order chi connectivity index (χ0) is 5.33. The third-order valence-electron chi connectivity index (χ3n) is 1.52. The molecule has 1 aliphatic carbocycles. The van der Waals surface area contributed by atoms with Gasteiger partial charge in [-0.05, 0) is 19.8 Å². The van der Waals surface area contributed by atoms with Gasteiger partial charge in [0.2, 0.25) is 0 Å². The first-order valence-electron chi connectivity index (χ1n) is 2.52. The van der Waals surface area contributed by atoms with E-state index < -0.39 is 5.41 Å². The summed E-state index contributed by atoms with van der Waals surface area (Å²) in [7, 11) is 0. The van der Waals surface area contributed by atoms with Gasteiger partial charge in [0.1, 0.15) is 6.29 Å². The van der Waals surface area contributed by atoms with Crippen LogP contribution in [0.15, 0.2) is 0 Å². The SMILES string of the molecule is [CH]C1(C=O)CCC1. The van der Waals surface area contributed by atoms with Gasteiger partial charge < -0.3 is 4.79 Å². The molecule has 0 N–H and O–H groups in total. The van der Waals surface area contributed by atoms with E-state index in [1.54, 1.807) is 0 Å². The average Bonchev–Trinajstić information content (AvgIpc) is 1.61. The molecule has 0 aliphatic heterocycles. The van der Waals surface area contributed by atoms with Gasteiger partial charge in [-0.15, -0.1) is 0 Å². The largest absolute Gasteiger partial charge is 0.303 e. The molecule has 38 valence electrons. The molecule has 0 saturated heterocycles. The van der Waals surface area contributed by atoms with Crippen LogP contribution in [-0.2, 0) is 4.79 Å². The summed E-state index contributed by atoms with van der Waals surface area (Å²) in [4.78, 5) is 9.98. The van der Waals surface area contributed by atoms with E-state index in [-0.39, 0.29) is 0 Å². The Kier molecular flexibility index (Phi) is 0.911. The first-order valence-corrected chi connectivity index (χ1v) is 2.52. The minimum atomic E-state index is -0.417. The highest BCUT2D eigenvalue weighted by atomic mass is 16.1. The summed E-state index contributed by atoms with van der Waals surface area (Å²) in [6, 6.07) is 0. The second-order valence-electron chi connectivity index (χ2n) is 2.20. The summed E-state index contributed by atoms with van der Waals surface area (Å²) in [6.45, 7) is 5.43. The fourth-order valence-electron chi connectivity index (χ4n) is 0.703. The molecule has 1 heteroatoms. The van der Waals surface area contributed by atoms with Crippen LogP contribution in [0.5, 0.6) is 0 Å². The van der Waals surface area contributed by atoms with E-state index in [0.29, 0.717) is 0 Å². The van der Waals surface area contributed by atoms with Crippen molar-refractivity contribution in [3.63, 3.8) is 0 Å². The lowest BCUT2D eigenvalue weighted by Gasteiger charge is -2.31. The van der Waals surface area contributed by atoms with Gasteiger partial charge in [0, 0.05) is 5.41 Å². The molecular formula is C6H8O. The highest BCUT2D eigenvalue weighted by molar-refractivity contribution is 5.61. The van der Waals surface area contributed by atoms with Crippen LogP contribution in [0, 0.1) is 12.3 Å². The molecule has 1 fully saturated rings. The average molecular weight is 96.1 g/mol. The highest BCUT2D eigenvalue weighted by Gasteiger charge is 2.31. The molecule has 0 atom stereocenters. The maximum absolute atomic E-state index is 9.98. The molecule has 1 nitrogen and oxygen atoms in total. The highest BCUT2D eigenvalue weighted by Crippen LogP contribution is 2.37. The fourth-order valence-corrected chi connectivity index (χ4v) is 0.703. The van der Waals surface area contributed by atoms with Gasteiger partial charge in [0.15, 0.2) is 0 Å². The van der Waals surface area contributed by atoms with E-state index in [2.05, 4.69) is 0 Å². The normalized spacial score (nSPS) is 25.9. The lowest BCUT2D eigenvalue weighted by Crippen LogP contribution is -2.26. The van der Waals surface area contributed by atoms with Gasteiger partial charge in [-0.2, -0.15) is 0 Å². The summed E-state index contributed by atoms with van der Waals surface area (Å²) < 4.78 is 0. The van der Waals surface area contributed by atoms with Crippen molar-refractivity contribution >= 4 is 6.29 Å². The second kappa shape index (κ2) is 1.32. The zero-order valence-corrected chi connectivity index (χ0v) is 4.18. The minimum Gasteiger partial charge on any atom is -0.303 e. The molecule has 1 rings (SSSR count). The van der Waals surface area contributed by atoms with Crippen molar-refractivity contribution in [2.24, 2.45) is 5.41 Å². The third kappa shape index (κ3) is 0.671. The van der Waals surface area contributed by atoms with Crippen molar-refractivity contribution in [2.45, 2.75) is 19.3 Å². The minimum absolute atomic E-state index is 0.417. The van der Waals surface area contributed by atoms with Gasteiger partial charge in [0.05, 0.1) is 0 Å². The predicted octanol–water partition coefficient (Wildman–Crippen LogP) is 1.07. The Balaban J connectivity index is 2.43. The monoisotopic (exact) mass is 96.1 g/mol. The van der Waals surface area contributed by atoms with E-state index in [4.69, 9.17) is 6.92 Å². The topological polar surface area (TPSA) is 17.1 Å². The molecule has 2 radical (unpaired) electrons. The smallest absolute Gasteiger partial charge is 0.126 e. The summed E-state index contributed by atoms with van der Waals surface area (Å²) in [5.74, 6) is 0. The number of carbonyl (C=O) groups excluding carboxylic acids is 1. The second-order valence-corrected chi connectivity index (χ2v) is 2.20. The molecule has 0 spiro atoms. The summed E-state index contributed by atoms with van der Waals surface area (Å²) in [5, 5.41) is 0. The van der Waals surface area contributed by atoms with Crippen molar-refractivity contribution in [3.8, 4) is 0 Å². The number of aldehydes is 1. The fraction of sp³-hybridized carbons (Fsp3) is 0.667. The number of hydrogen-bond acceptors (Lipinski definition) is 1. The number of carbonyl (C=O) groups is 1. The van der Waals surface area contributed by atoms with Gasteiger partial charge in [-0.1, -0.05) is 6.42 Å². The lowest BCUT2D eigenvalue weighted by atomic mass is 9.72. The van der Waals surface area contributed by atoms with E-state index >= 15 is 0 Å². The van der Waals surface area contributed by atoms with Crippen molar-refractivity contribution in [3.05, 3.63) is 6.92 Å². The van der Waals surface area contributed by atoms with Crippen LogP contribution in [0.3, 0.4) is 0 Å². The molecule has 7 heavy (non-hydrogen) atoms. The first-order chi connectivity index (χ1) is 3.27. The Morgan fingerprint density at radius 3 is 2.14 bits per heavy atom. The standard InChI is InChI=1S/C6H8O/c1-6(5-7)3-2-4-6/h1,5H,2-4H2. The Hall–Kier alpha value is -0.330. The van der Waals surface area contributed by atoms with Crippen LogP contribution in [-0.4, -0.2) is 6.29 Å². The zero-order valence-electron chi connectivity index (χ0n) is 4.18. The molecule has 0 heterocycles. The van der Waals surface area contributed by atoms with Crippen LogP contribution >= 0.6 is 0 Å². The Bertz CT molecular complexity index is 82.2. The first kappa shape index (κ1) is 4.82. The van der Waals surface area contributed by atoms with Gasteiger partial charge >= 0.3 is 0 Å². The van der Waals surface area contributed by atoms with E-state index in [0.717, 1.165) is 25.5 Å². The van der Waals surface area contributed by atoms with Crippen molar-refractivity contribution in [2.75, 3.05) is 0 Å². The van der Waals surface area contributed by atoms with Crippen LogP contribution in [0.4, 0.5) is 0 Å². The molecular weight excluding hydrogens is 88.1 g/mol. The van der Waals surface area contributed by atoms with E-state index in [1.807, 2.05) is 0 Å². The number of hydrogen-bond donors (Lipinski definition) is 0. The van der Waals surface area contributed by atoms with E-state index in [1.165, 1.54) is 0 Å². The molecule has 1 aliphatic rings. The quantitative estimate of drug-likeness (QED) is 0.446. The number of rotatable bonds is 1. The van der Waals surface area contributed by atoms with Crippen LogP contribution < -0.4 is 0 Å². The Morgan fingerprint density at radius 1 is 1.57 bits per heavy atom. The van der Waals surface area contributed by atoms with Crippen LogP contribution in [0.2, 0.25) is 0 Å². The summed E-state index contributed by atoms with van der Waals surface area (Å²) >= 11 is 0. The van der Waals surface area contributed by atoms with Crippen LogP contribution in [0.25, 0.3) is 0 Å². The molecule has 0 aromatic heterocycles. The van der Waals surface area contributed by atoms with Crippen molar-refractivity contribution < 1.29 is 4.79 Å². The molecule has 0 bridgehead atoms. The lowest BCUT2D eigenvalue weighted by molar-refractivity contribution is -0.117. The molecule has 0 aromatic rings. The maximum Gasteiger partial charge on any atom is 0.126 e. The van der Waals surface area contributed by atoms with Crippen molar-refractivity contribution in [1.29, 1.82) is 0 Å². The summed E-state index contributed by atoms with van der Waals surface area (Å²) in [5.41, 5.74) is -0.417. The molecule has 0 amide bonds. The third-order valence-corrected chi connectivity index (χ3v) is 1.52. The van der Waals surface area contributed by atoms with E-state index in [9.17, 15) is 4.79 Å². The van der Waals surface area contributed by atoms with Gasteiger partial charge in [-0.3, -0.25) is 0 Å². The Labute approximate surface area is 43.7 Å². The molecule has 1 saturated carbocycles. The van der Waals surface area contributed by atoms with Gasteiger partial charge in [-0.25, -0.2) is 0 Å². The van der Waals surface area contributed by atoms with Crippen molar-refractivity contribution in [1.82, 2.24) is 0 Å². The van der Waals surface area contributed by atoms with Gasteiger partial charge in [0.25, 0.3) is 0 Å². The van der Waals surface area contributed by atoms with Crippen LogP contribution in [0.1, 0.15) is 19.3 Å². The predicted molar refractivity (Wildman–Crippen MR) is 26.6 cm³/mol. The molecule has 0 unspecified atom stereocenters. The Morgan fingerprint density at radius 2 is 2.14 bits per heavy atom. The molecule has 0 aromatic carbocycles.